The van der Waals surface area contributed by atoms with Crippen LogP contribution in [0, 0.1) is 0 Å². The maximum atomic E-state index is 6.62. The minimum atomic E-state index is -2.35. The average molecular weight is 421 g/mol. The summed E-state index contributed by atoms with van der Waals surface area (Å²) in [6.07, 6.45) is 2.42. The van der Waals surface area contributed by atoms with Crippen LogP contribution in [0.2, 0.25) is 11.1 Å². The molecule has 0 amide bonds. The molecular formula is C21H44O6Si. The first-order valence-electron chi connectivity index (χ1n) is 11.0. The lowest BCUT2D eigenvalue weighted by Gasteiger charge is -2.47. The molecule has 168 valence electrons. The van der Waals surface area contributed by atoms with E-state index in [1.165, 1.54) is 0 Å². The normalized spacial score (nSPS) is 21.1. The predicted molar refractivity (Wildman–Crippen MR) is 113 cm³/mol. The minimum Gasteiger partial charge on any atom is -0.389 e. The predicted octanol–water partition coefficient (Wildman–Crippen LogP) is 5.35. The zero-order chi connectivity index (χ0) is 21.4. The molecule has 1 heterocycles. The van der Waals surface area contributed by atoms with Gasteiger partial charge in [-0.1, -0.05) is 48.5 Å². The van der Waals surface area contributed by atoms with E-state index >= 15 is 0 Å². The maximum absolute atomic E-state index is 6.62. The fourth-order valence-corrected chi connectivity index (χ4v) is 9.31. The van der Waals surface area contributed by atoms with Crippen LogP contribution in [0.15, 0.2) is 0 Å². The van der Waals surface area contributed by atoms with E-state index in [4.69, 9.17) is 28.1 Å². The highest BCUT2D eigenvalue weighted by atomic mass is 28.4. The van der Waals surface area contributed by atoms with Crippen molar-refractivity contribution in [2.45, 2.75) is 116 Å². The van der Waals surface area contributed by atoms with Gasteiger partial charge in [0.05, 0.1) is 18.9 Å². The summed E-state index contributed by atoms with van der Waals surface area (Å²) >= 11 is 0. The Morgan fingerprint density at radius 1 is 0.929 bits per heavy atom. The third kappa shape index (κ3) is 6.24. The van der Waals surface area contributed by atoms with Gasteiger partial charge in [0, 0.05) is 13.5 Å². The van der Waals surface area contributed by atoms with Crippen LogP contribution >= 0.6 is 0 Å². The molecule has 3 unspecified atom stereocenters. The van der Waals surface area contributed by atoms with E-state index in [1.807, 2.05) is 13.8 Å². The van der Waals surface area contributed by atoms with Crippen LogP contribution in [0.3, 0.4) is 0 Å². The van der Waals surface area contributed by atoms with E-state index in [-0.39, 0.29) is 12.0 Å². The number of hydrogen-bond acceptors (Lipinski definition) is 6. The van der Waals surface area contributed by atoms with Crippen molar-refractivity contribution in [1.29, 1.82) is 0 Å². The van der Waals surface area contributed by atoms with Gasteiger partial charge in [0.25, 0.3) is 5.97 Å². The summed E-state index contributed by atoms with van der Waals surface area (Å²) in [4.78, 5) is 0. The van der Waals surface area contributed by atoms with Crippen molar-refractivity contribution in [1.82, 2.24) is 0 Å². The molecule has 0 aromatic rings. The molecule has 1 fully saturated rings. The number of hydrogen-bond donors (Lipinski definition) is 0. The fraction of sp³-hybridized carbons (Fsp3) is 1.00. The molecule has 0 N–H and O–H groups in total. The number of methoxy groups -OCH3 is 1. The topological polar surface area (TPSA) is 55.4 Å². The van der Waals surface area contributed by atoms with Gasteiger partial charge in [-0.25, -0.2) is 0 Å². The number of rotatable bonds is 13. The van der Waals surface area contributed by atoms with Crippen molar-refractivity contribution in [3.05, 3.63) is 0 Å². The van der Waals surface area contributed by atoms with Crippen LogP contribution in [0.25, 0.3) is 0 Å². The third-order valence-electron chi connectivity index (χ3n) is 5.71. The molecule has 0 aromatic carbocycles. The highest BCUT2D eigenvalue weighted by molar-refractivity contribution is 6.77. The second kappa shape index (κ2) is 12.0. The molecule has 6 nitrogen and oxygen atoms in total. The fourth-order valence-electron chi connectivity index (χ4n) is 4.12. The summed E-state index contributed by atoms with van der Waals surface area (Å²) in [5.74, 6) is -1.00. The molecule has 0 saturated carbocycles. The lowest BCUT2D eigenvalue weighted by atomic mass is 10.3. The Hall–Kier alpha value is -0.0231. The second-order valence-corrected chi connectivity index (χ2v) is 13.1. The summed E-state index contributed by atoms with van der Waals surface area (Å²) in [7, 11) is -0.664. The van der Waals surface area contributed by atoms with Gasteiger partial charge in [0.15, 0.2) is 6.29 Å². The lowest BCUT2D eigenvalue weighted by molar-refractivity contribution is -0.436. The van der Waals surface area contributed by atoms with E-state index in [2.05, 4.69) is 41.5 Å². The van der Waals surface area contributed by atoms with Crippen molar-refractivity contribution in [2.24, 2.45) is 0 Å². The largest absolute Gasteiger partial charge is 0.389 e. The van der Waals surface area contributed by atoms with Gasteiger partial charge < -0.3 is 23.4 Å². The third-order valence-corrected chi connectivity index (χ3v) is 11.6. The first kappa shape index (κ1) is 26.0. The van der Waals surface area contributed by atoms with Crippen LogP contribution in [0.1, 0.15) is 81.1 Å². The van der Waals surface area contributed by atoms with Gasteiger partial charge >= 0.3 is 0 Å². The van der Waals surface area contributed by atoms with Crippen LogP contribution in [-0.4, -0.2) is 52.9 Å². The molecule has 7 heteroatoms. The Morgan fingerprint density at radius 2 is 1.50 bits per heavy atom. The van der Waals surface area contributed by atoms with Crippen molar-refractivity contribution in [3.63, 3.8) is 0 Å². The Balaban J connectivity index is 3.07. The van der Waals surface area contributed by atoms with E-state index < -0.39 is 20.6 Å². The van der Waals surface area contributed by atoms with Gasteiger partial charge in [0.1, 0.15) is 6.29 Å². The quantitative estimate of drug-likeness (QED) is 0.296. The van der Waals surface area contributed by atoms with E-state index in [1.54, 1.807) is 7.11 Å². The van der Waals surface area contributed by atoms with Crippen molar-refractivity contribution >= 4 is 8.32 Å². The molecule has 0 aromatic heterocycles. The van der Waals surface area contributed by atoms with E-state index in [0.29, 0.717) is 37.1 Å². The summed E-state index contributed by atoms with van der Waals surface area (Å²) in [6.45, 7) is 18.4. The molecule has 1 aliphatic heterocycles. The van der Waals surface area contributed by atoms with Crippen LogP contribution in [0.5, 0.6) is 0 Å². The number of ether oxygens (including phenoxy) is 5. The molecule has 0 radical (unpaired) electrons. The smallest absolute Gasteiger partial charge is 0.284 e. The van der Waals surface area contributed by atoms with Crippen LogP contribution < -0.4 is 0 Å². The first-order chi connectivity index (χ1) is 13.2. The monoisotopic (exact) mass is 420 g/mol. The summed E-state index contributed by atoms with van der Waals surface area (Å²) < 4.78 is 36.7. The summed E-state index contributed by atoms with van der Waals surface area (Å²) in [5.41, 5.74) is 0.720. The maximum Gasteiger partial charge on any atom is 0.284 e. The zero-order valence-electron chi connectivity index (χ0n) is 19.6. The van der Waals surface area contributed by atoms with Gasteiger partial charge in [0.2, 0.25) is 8.32 Å². The molecule has 0 spiro atoms. The second-order valence-electron chi connectivity index (χ2n) is 8.16. The highest BCUT2D eigenvalue weighted by Crippen LogP contribution is 2.41. The van der Waals surface area contributed by atoms with Gasteiger partial charge in [-0.2, -0.15) is 0 Å². The molecule has 3 atom stereocenters. The van der Waals surface area contributed by atoms with Gasteiger partial charge in [-0.05, 0) is 37.3 Å². The zero-order valence-corrected chi connectivity index (χ0v) is 20.6. The molecule has 0 bridgehead atoms. The SMILES string of the molecule is CCC(OC(CC)[Si](OC(C)OC)(C(C)C)C(C)C)OC1(CC)OCCCO1. The molecular weight excluding hydrogens is 376 g/mol. The van der Waals surface area contributed by atoms with Crippen molar-refractivity contribution in [3.8, 4) is 0 Å². The molecule has 1 aliphatic rings. The molecule has 0 aliphatic carbocycles. The standard InChI is InChI=1S/C21H44O6Si/c1-10-19(26-21(12-3)23-14-13-15-24-21)25-20(11-2)28(16(4)5,17(6)7)27-18(8)22-9/h16-20H,10-15H2,1-9H3. The van der Waals surface area contributed by atoms with Gasteiger partial charge in [-0.15, -0.1) is 0 Å². The van der Waals surface area contributed by atoms with E-state index in [0.717, 1.165) is 12.8 Å². The van der Waals surface area contributed by atoms with Gasteiger partial charge in [-0.3, -0.25) is 4.74 Å². The Morgan fingerprint density at radius 3 is 1.89 bits per heavy atom. The van der Waals surface area contributed by atoms with Crippen LogP contribution in [0.4, 0.5) is 0 Å². The van der Waals surface area contributed by atoms with Crippen molar-refractivity contribution < 1.29 is 28.1 Å². The summed E-state index contributed by atoms with van der Waals surface area (Å²) in [6, 6.07) is 0. The van der Waals surface area contributed by atoms with Crippen LogP contribution in [-0.2, 0) is 28.1 Å². The van der Waals surface area contributed by atoms with E-state index in [9.17, 15) is 0 Å². The Labute approximate surface area is 173 Å². The summed E-state index contributed by atoms with van der Waals surface area (Å²) in [5, 5.41) is 0. The molecule has 1 saturated heterocycles. The Bertz CT molecular complexity index is 417. The minimum absolute atomic E-state index is 0.0208. The lowest BCUT2D eigenvalue weighted by Crippen LogP contribution is -2.59. The van der Waals surface area contributed by atoms with Crippen molar-refractivity contribution in [2.75, 3.05) is 20.3 Å². The molecule has 1 rings (SSSR count). The highest BCUT2D eigenvalue weighted by Gasteiger charge is 2.51. The molecule has 28 heavy (non-hydrogen) atoms. The Kier molecular flexibility index (Phi) is 11.1. The average Bonchev–Trinajstić information content (AvgIpc) is 2.69. The first-order valence-corrected chi connectivity index (χ1v) is 13.2.